The first-order valence-corrected chi connectivity index (χ1v) is 8.34. The van der Waals surface area contributed by atoms with Gasteiger partial charge in [0.2, 0.25) is 0 Å². The molecule has 23 heavy (non-hydrogen) atoms. The third-order valence-corrected chi connectivity index (χ3v) is 5.42. The molecular weight excluding hydrogens is 339 g/mol. The van der Waals surface area contributed by atoms with Gasteiger partial charge in [0.05, 0.1) is 21.6 Å². The van der Waals surface area contributed by atoms with Crippen LogP contribution in [0.15, 0.2) is 17.0 Å². The normalized spacial score (nSPS) is 17.9. The molecule has 2 rings (SSSR count). The van der Waals surface area contributed by atoms with Crippen molar-refractivity contribution in [1.29, 1.82) is 0 Å². The minimum absolute atomic E-state index is 0.154. The molecule has 1 heterocycles. The molecule has 1 aromatic rings. The Bertz CT molecular complexity index is 743. The zero-order valence-corrected chi connectivity index (χ0v) is 13.1. The number of nitrogens with zero attached hydrogens (tertiary/aromatic N) is 1. The second kappa shape index (κ2) is 5.66. The molecule has 0 N–H and O–H groups in total. The van der Waals surface area contributed by atoms with Gasteiger partial charge in [-0.05, 0) is 5.92 Å². The van der Waals surface area contributed by atoms with Crippen LogP contribution in [0.3, 0.4) is 0 Å². The Morgan fingerprint density at radius 1 is 1.39 bits per heavy atom. The zero-order valence-electron chi connectivity index (χ0n) is 12.3. The highest BCUT2D eigenvalue weighted by molar-refractivity contribution is 7.91. The minimum Gasteiger partial charge on any atom is -0.480 e. The van der Waals surface area contributed by atoms with Gasteiger partial charge in [-0.2, -0.15) is 13.2 Å². The third-order valence-electron chi connectivity index (χ3n) is 3.28. The fourth-order valence-corrected chi connectivity index (χ4v) is 4.30. The van der Waals surface area contributed by atoms with Gasteiger partial charge in [0.15, 0.2) is 15.9 Å². The number of non-ortho nitro benzene ring substituents is 1. The van der Waals surface area contributed by atoms with Gasteiger partial charge in [-0.25, -0.2) is 8.42 Å². The molecule has 1 unspecified atom stereocenters. The molecule has 1 aliphatic heterocycles. The van der Waals surface area contributed by atoms with Gasteiger partial charge in [-0.1, -0.05) is 13.8 Å². The molecule has 0 fully saturated rings. The lowest BCUT2D eigenvalue weighted by atomic mass is 10.1. The van der Waals surface area contributed by atoms with Crippen LogP contribution in [-0.4, -0.2) is 31.4 Å². The Hall–Kier alpha value is -1.84. The van der Waals surface area contributed by atoms with Gasteiger partial charge in [0.1, 0.15) is 5.75 Å². The smallest absolute Gasteiger partial charge is 0.425 e. The molecule has 0 aromatic heterocycles. The predicted octanol–water partition coefficient (Wildman–Crippen LogP) is 2.89. The Morgan fingerprint density at radius 2 is 2.00 bits per heavy atom. The van der Waals surface area contributed by atoms with E-state index in [0.29, 0.717) is 0 Å². The second-order valence-corrected chi connectivity index (χ2v) is 7.71. The van der Waals surface area contributed by atoms with Gasteiger partial charge >= 0.3 is 6.18 Å². The average Bonchev–Trinajstić information content (AvgIpc) is 2.78. The first-order valence-electron chi connectivity index (χ1n) is 6.69. The lowest BCUT2D eigenvalue weighted by Gasteiger charge is -2.13. The van der Waals surface area contributed by atoms with E-state index >= 15 is 0 Å². The molecule has 0 saturated heterocycles. The van der Waals surface area contributed by atoms with Crippen LogP contribution in [0.1, 0.15) is 19.4 Å². The number of hydrogen-bond acceptors (Lipinski definition) is 5. The fraction of sp³-hybridized carbons (Fsp3) is 0.538. The summed E-state index contributed by atoms with van der Waals surface area (Å²) in [4.78, 5) is 9.60. The number of nitro groups is 1. The molecule has 1 aromatic carbocycles. The van der Waals surface area contributed by atoms with E-state index in [1.165, 1.54) is 0 Å². The Balaban J connectivity index is 2.59. The van der Waals surface area contributed by atoms with Crippen molar-refractivity contribution >= 4 is 15.5 Å². The van der Waals surface area contributed by atoms with Crippen LogP contribution in [0.2, 0.25) is 0 Å². The van der Waals surface area contributed by atoms with E-state index in [1.807, 2.05) is 0 Å². The summed E-state index contributed by atoms with van der Waals surface area (Å²) in [7, 11) is -3.96. The van der Waals surface area contributed by atoms with Crippen LogP contribution in [0.25, 0.3) is 0 Å². The summed E-state index contributed by atoms with van der Waals surface area (Å²) in [5.41, 5.74) is -0.771. The van der Waals surface area contributed by atoms with Crippen molar-refractivity contribution < 1.29 is 31.2 Å². The van der Waals surface area contributed by atoms with E-state index in [0.717, 1.165) is 12.1 Å². The van der Waals surface area contributed by atoms with E-state index in [4.69, 9.17) is 4.74 Å². The highest BCUT2D eigenvalue weighted by atomic mass is 32.2. The van der Waals surface area contributed by atoms with Crippen LogP contribution >= 0.6 is 0 Å². The van der Waals surface area contributed by atoms with Crippen molar-refractivity contribution in [3.05, 3.63) is 27.8 Å². The van der Waals surface area contributed by atoms with Crippen molar-refractivity contribution in [1.82, 2.24) is 0 Å². The largest absolute Gasteiger partial charge is 0.480 e. The summed E-state index contributed by atoms with van der Waals surface area (Å²) < 4.78 is 67.9. The second-order valence-electron chi connectivity index (χ2n) is 5.71. The zero-order chi connectivity index (χ0) is 17.6. The number of sulfone groups is 1. The van der Waals surface area contributed by atoms with Gasteiger partial charge in [-0.15, -0.1) is 0 Å². The molecule has 0 aliphatic carbocycles. The van der Waals surface area contributed by atoms with E-state index < -0.39 is 49.8 Å². The average molecular weight is 353 g/mol. The first-order chi connectivity index (χ1) is 10.4. The summed E-state index contributed by atoms with van der Waals surface area (Å²) >= 11 is 0. The van der Waals surface area contributed by atoms with Crippen LogP contribution in [0.4, 0.5) is 18.9 Å². The first kappa shape index (κ1) is 17.5. The van der Waals surface area contributed by atoms with Crippen molar-refractivity contribution in [2.75, 3.05) is 5.75 Å². The maximum atomic E-state index is 12.8. The molecule has 0 saturated carbocycles. The third kappa shape index (κ3) is 3.57. The Morgan fingerprint density at radius 3 is 2.48 bits per heavy atom. The molecule has 6 nitrogen and oxygen atoms in total. The predicted molar refractivity (Wildman–Crippen MR) is 74.2 cm³/mol. The number of halogens is 3. The summed E-state index contributed by atoms with van der Waals surface area (Å²) in [6, 6.07) is 1.63. The van der Waals surface area contributed by atoms with Crippen LogP contribution in [-0.2, 0) is 16.3 Å². The lowest BCUT2D eigenvalue weighted by Crippen LogP contribution is -2.32. The Labute approximate surface area is 130 Å². The molecule has 128 valence electrons. The summed E-state index contributed by atoms with van der Waals surface area (Å²) in [6.45, 7) is 3.26. The monoisotopic (exact) mass is 353 g/mol. The van der Waals surface area contributed by atoms with Crippen LogP contribution in [0, 0.1) is 16.0 Å². The number of alkyl halides is 3. The molecule has 1 atom stereocenters. The van der Waals surface area contributed by atoms with Crippen LogP contribution < -0.4 is 4.74 Å². The standard InChI is InChI=1S/C13H14F3NO5S/c1-7(2)6-23(20,21)11-4-8(17(18)19)3-10-9(11)5-12(22-10)13(14,15)16/h3-4,7,12H,5-6H2,1-2H3. The highest BCUT2D eigenvalue weighted by Gasteiger charge is 2.47. The van der Waals surface area contributed by atoms with Crippen molar-refractivity contribution in [3.8, 4) is 5.75 Å². The number of nitro benzene ring substituents is 1. The van der Waals surface area contributed by atoms with Crippen molar-refractivity contribution in [2.24, 2.45) is 5.92 Å². The number of ether oxygens (including phenoxy) is 1. The number of fused-ring (bicyclic) bond motifs is 1. The SMILES string of the molecule is CC(C)CS(=O)(=O)c1cc([N+](=O)[O-])cc2c1CC(C(F)(F)F)O2. The molecule has 1 aliphatic rings. The van der Waals surface area contributed by atoms with Crippen LogP contribution in [0.5, 0.6) is 5.75 Å². The summed E-state index contributed by atoms with van der Waals surface area (Å²) in [6.07, 6.45) is -7.57. The van der Waals surface area contributed by atoms with E-state index in [1.54, 1.807) is 13.8 Å². The quantitative estimate of drug-likeness (QED) is 0.614. The van der Waals surface area contributed by atoms with Gasteiger partial charge < -0.3 is 4.74 Å². The maximum Gasteiger partial charge on any atom is 0.425 e. The topological polar surface area (TPSA) is 86.5 Å². The molecule has 0 radical (unpaired) electrons. The van der Waals surface area contributed by atoms with Crippen molar-refractivity contribution in [2.45, 2.75) is 37.4 Å². The summed E-state index contributed by atoms with van der Waals surface area (Å²) in [5.74, 6) is -1.00. The number of benzene rings is 1. The van der Waals surface area contributed by atoms with E-state index in [-0.39, 0.29) is 17.2 Å². The minimum atomic E-state index is -4.69. The van der Waals surface area contributed by atoms with Gasteiger partial charge in [0.25, 0.3) is 5.69 Å². The molecule has 0 bridgehead atoms. The Kier molecular flexibility index (Phi) is 4.31. The number of hydrogen-bond donors (Lipinski definition) is 0. The molecule has 10 heteroatoms. The molecule has 0 spiro atoms. The lowest BCUT2D eigenvalue weighted by molar-refractivity contribution is -0.385. The van der Waals surface area contributed by atoms with Gasteiger partial charge in [-0.3, -0.25) is 10.1 Å². The van der Waals surface area contributed by atoms with Crippen molar-refractivity contribution in [3.63, 3.8) is 0 Å². The molecule has 0 amide bonds. The van der Waals surface area contributed by atoms with Gasteiger partial charge in [0, 0.05) is 18.1 Å². The maximum absolute atomic E-state index is 12.8. The number of rotatable bonds is 4. The highest BCUT2D eigenvalue weighted by Crippen LogP contribution is 2.42. The molecular formula is C13H14F3NO5S. The summed E-state index contributed by atoms with van der Waals surface area (Å²) in [5, 5.41) is 10.9. The van der Waals surface area contributed by atoms with E-state index in [2.05, 4.69) is 0 Å². The van der Waals surface area contributed by atoms with E-state index in [9.17, 15) is 31.7 Å². The fourth-order valence-electron chi connectivity index (χ4n) is 2.39.